The molecular formula is C14H18N2S. The minimum Gasteiger partial charge on any atom is -0.324 e. The summed E-state index contributed by atoms with van der Waals surface area (Å²) < 4.78 is 0. The van der Waals surface area contributed by atoms with Crippen molar-refractivity contribution in [3.8, 4) is 0 Å². The van der Waals surface area contributed by atoms with Gasteiger partial charge in [-0.15, -0.1) is 0 Å². The zero-order valence-corrected chi connectivity index (χ0v) is 10.9. The lowest BCUT2D eigenvalue weighted by Crippen LogP contribution is -2.13. The zero-order chi connectivity index (χ0) is 12.1. The van der Waals surface area contributed by atoms with Crippen LogP contribution >= 0.6 is 11.3 Å². The third-order valence-electron chi connectivity index (χ3n) is 3.05. The Morgan fingerprint density at radius 1 is 1.41 bits per heavy atom. The highest BCUT2D eigenvalue weighted by Gasteiger charge is 2.10. The van der Waals surface area contributed by atoms with Gasteiger partial charge < -0.3 is 5.73 Å². The van der Waals surface area contributed by atoms with Crippen molar-refractivity contribution in [2.24, 2.45) is 5.73 Å². The Balaban J connectivity index is 2.01. The number of nitrogens with two attached hydrogens (primary N) is 1. The lowest BCUT2D eigenvalue weighted by atomic mass is 9.97. The SMILES string of the molecule is CCc1cnccc1C(N)CCc1ccsc1. The number of pyridine rings is 1. The van der Waals surface area contributed by atoms with Crippen LogP contribution in [0.4, 0.5) is 0 Å². The average Bonchev–Trinajstić information content (AvgIpc) is 2.89. The van der Waals surface area contributed by atoms with Gasteiger partial charge in [0.15, 0.2) is 0 Å². The number of hydrogen-bond acceptors (Lipinski definition) is 3. The Morgan fingerprint density at radius 3 is 3.00 bits per heavy atom. The first-order valence-corrected chi connectivity index (χ1v) is 6.95. The molecule has 1 atom stereocenters. The van der Waals surface area contributed by atoms with Crippen LogP contribution in [0.5, 0.6) is 0 Å². The zero-order valence-electron chi connectivity index (χ0n) is 10.1. The molecule has 0 aliphatic heterocycles. The third kappa shape index (κ3) is 3.14. The van der Waals surface area contributed by atoms with Crippen LogP contribution in [0.2, 0.25) is 0 Å². The predicted molar refractivity (Wildman–Crippen MR) is 73.2 cm³/mol. The maximum absolute atomic E-state index is 6.26. The highest BCUT2D eigenvalue weighted by Crippen LogP contribution is 2.21. The van der Waals surface area contributed by atoms with Gasteiger partial charge in [0.25, 0.3) is 0 Å². The summed E-state index contributed by atoms with van der Waals surface area (Å²) in [7, 11) is 0. The van der Waals surface area contributed by atoms with Crippen LogP contribution in [0, 0.1) is 0 Å². The Morgan fingerprint density at radius 2 is 2.29 bits per heavy atom. The normalized spacial score (nSPS) is 12.6. The first-order valence-electron chi connectivity index (χ1n) is 6.00. The molecule has 0 aromatic carbocycles. The summed E-state index contributed by atoms with van der Waals surface area (Å²) in [4.78, 5) is 4.15. The highest BCUT2D eigenvalue weighted by atomic mass is 32.1. The fourth-order valence-corrected chi connectivity index (χ4v) is 2.71. The summed E-state index contributed by atoms with van der Waals surface area (Å²) in [5.74, 6) is 0. The van der Waals surface area contributed by atoms with E-state index in [1.807, 2.05) is 12.4 Å². The predicted octanol–water partition coefficient (Wildman–Crippen LogP) is 3.34. The number of nitrogens with zero attached hydrogens (tertiary/aromatic N) is 1. The van der Waals surface area contributed by atoms with E-state index in [0.29, 0.717) is 0 Å². The van der Waals surface area contributed by atoms with Crippen LogP contribution < -0.4 is 5.73 Å². The molecule has 17 heavy (non-hydrogen) atoms. The second-order valence-electron chi connectivity index (χ2n) is 4.20. The fourth-order valence-electron chi connectivity index (χ4n) is 2.01. The molecule has 3 heteroatoms. The molecule has 0 bridgehead atoms. The quantitative estimate of drug-likeness (QED) is 0.878. The maximum Gasteiger partial charge on any atom is 0.0303 e. The molecule has 0 saturated heterocycles. The van der Waals surface area contributed by atoms with Crippen LogP contribution in [0.1, 0.15) is 36.1 Å². The molecular weight excluding hydrogens is 228 g/mol. The molecule has 2 N–H and O–H groups in total. The van der Waals surface area contributed by atoms with Crippen LogP contribution in [0.15, 0.2) is 35.3 Å². The number of rotatable bonds is 5. The number of thiophene rings is 1. The first-order chi connectivity index (χ1) is 8.31. The van der Waals surface area contributed by atoms with Crippen LogP contribution in [-0.2, 0) is 12.8 Å². The van der Waals surface area contributed by atoms with E-state index in [-0.39, 0.29) is 6.04 Å². The number of aryl methyl sites for hydroxylation is 2. The van der Waals surface area contributed by atoms with E-state index in [2.05, 4.69) is 34.8 Å². The van der Waals surface area contributed by atoms with Crippen molar-refractivity contribution >= 4 is 11.3 Å². The molecule has 1 unspecified atom stereocenters. The molecule has 0 spiro atoms. The van der Waals surface area contributed by atoms with E-state index in [4.69, 9.17) is 5.73 Å². The van der Waals surface area contributed by atoms with Gasteiger partial charge in [0.05, 0.1) is 0 Å². The third-order valence-corrected chi connectivity index (χ3v) is 3.78. The Labute approximate surface area is 107 Å². The Hall–Kier alpha value is -1.19. The summed E-state index contributed by atoms with van der Waals surface area (Å²) in [5, 5.41) is 4.31. The summed E-state index contributed by atoms with van der Waals surface area (Å²) in [6, 6.07) is 4.34. The number of hydrogen-bond donors (Lipinski definition) is 1. The van der Waals surface area contributed by atoms with Gasteiger partial charge in [-0.2, -0.15) is 11.3 Å². The van der Waals surface area contributed by atoms with Gasteiger partial charge in [0.2, 0.25) is 0 Å². The topological polar surface area (TPSA) is 38.9 Å². The van der Waals surface area contributed by atoms with Crippen LogP contribution in [0.25, 0.3) is 0 Å². The van der Waals surface area contributed by atoms with Crippen molar-refractivity contribution in [3.63, 3.8) is 0 Å². The van der Waals surface area contributed by atoms with E-state index in [9.17, 15) is 0 Å². The molecule has 2 aromatic heterocycles. The maximum atomic E-state index is 6.26. The Bertz CT molecular complexity index is 451. The van der Waals surface area contributed by atoms with E-state index >= 15 is 0 Å². The van der Waals surface area contributed by atoms with Crippen molar-refractivity contribution in [3.05, 3.63) is 52.0 Å². The minimum absolute atomic E-state index is 0.118. The standard InChI is InChI=1S/C14H18N2S/c1-2-12-9-16-7-5-13(12)14(15)4-3-11-6-8-17-10-11/h5-10,14H,2-4,15H2,1H3. The van der Waals surface area contributed by atoms with Crippen molar-refractivity contribution in [1.29, 1.82) is 0 Å². The monoisotopic (exact) mass is 246 g/mol. The van der Waals surface area contributed by atoms with E-state index in [1.54, 1.807) is 11.3 Å². The van der Waals surface area contributed by atoms with Crippen LogP contribution in [0.3, 0.4) is 0 Å². The molecule has 0 aliphatic rings. The first kappa shape index (κ1) is 12.3. The lowest BCUT2D eigenvalue weighted by molar-refractivity contribution is 0.644. The second-order valence-corrected chi connectivity index (χ2v) is 4.98. The largest absolute Gasteiger partial charge is 0.324 e. The highest BCUT2D eigenvalue weighted by molar-refractivity contribution is 7.07. The van der Waals surface area contributed by atoms with Gasteiger partial charge in [-0.1, -0.05) is 6.92 Å². The van der Waals surface area contributed by atoms with Crippen molar-refractivity contribution in [2.45, 2.75) is 32.2 Å². The number of aromatic nitrogens is 1. The fraction of sp³-hybridized carbons (Fsp3) is 0.357. The molecule has 2 rings (SSSR count). The summed E-state index contributed by atoms with van der Waals surface area (Å²) in [5.41, 5.74) is 10.2. The molecule has 0 radical (unpaired) electrons. The molecule has 2 aromatic rings. The lowest BCUT2D eigenvalue weighted by Gasteiger charge is -2.14. The average molecular weight is 246 g/mol. The summed E-state index contributed by atoms with van der Waals surface area (Å²) >= 11 is 1.74. The molecule has 2 heterocycles. The minimum atomic E-state index is 0.118. The second kappa shape index (κ2) is 5.94. The summed E-state index contributed by atoms with van der Waals surface area (Å²) in [6.07, 6.45) is 6.80. The molecule has 0 saturated carbocycles. The molecule has 90 valence electrons. The van der Waals surface area contributed by atoms with Gasteiger partial charge in [-0.05, 0) is 58.8 Å². The van der Waals surface area contributed by atoms with Crippen molar-refractivity contribution in [2.75, 3.05) is 0 Å². The van der Waals surface area contributed by atoms with Gasteiger partial charge in [0, 0.05) is 18.4 Å². The molecule has 0 aliphatic carbocycles. The summed E-state index contributed by atoms with van der Waals surface area (Å²) in [6.45, 7) is 2.14. The molecule has 0 amide bonds. The van der Waals surface area contributed by atoms with Gasteiger partial charge in [0.1, 0.15) is 0 Å². The smallest absolute Gasteiger partial charge is 0.0303 e. The van der Waals surface area contributed by atoms with Gasteiger partial charge in [-0.25, -0.2) is 0 Å². The van der Waals surface area contributed by atoms with E-state index in [0.717, 1.165) is 19.3 Å². The van der Waals surface area contributed by atoms with Crippen molar-refractivity contribution < 1.29 is 0 Å². The Kier molecular flexibility index (Phi) is 4.29. The van der Waals surface area contributed by atoms with Crippen molar-refractivity contribution in [1.82, 2.24) is 4.98 Å². The van der Waals surface area contributed by atoms with Gasteiger partial charge >= 0.3 is 0 Å². The van der Waals surface area contributed by atoms with E-state index < -0.39 is 0 Å². The van der Waals surface area contributed by atoms with Crippen LogP contribution in [-0.4, -0.2) is 4.98 Å². The van der Waals surface area contributed by atoms with Gasteiger partial charge in [-0.3, -0.25) is 4.98 Å². The molecule has 0 fully saturated rings. The molecule has 2 nitrogen and oxygen atoms in total. The van der Waals surface area contributed by atoms with E-state index in [1.165, 1.54) is 16.7 Å².